The Hall–Kier alpha value is -0.620. The third kappa shape index (κ3) is 3.23. The fourth-order valence-corrected chi connectivity index (χ4v) is 3.07. The number of hydrogen-bond donors (Lipinski definition) is 1. The van der Waals surface area contributed by atoms with E-state index in [0.29, 0.717) is 15.8 Å². The molecule has 0 aliphatic rings. The average molecular weight is 349 g/mol. The fraction of sp³-hybridized carbons (Fsp3) is 0.250. The minimum Gasteiger partial charge on any atom is -0.496 e. The smallest absolute Gasteiger partial charge is 0.133 e. The van der Waals surface area contributed by atoms with Crippen molar-refractivity contribution < 1.29 is 9.84 Å². The molecule has 0 bridgehead atoms. The van der Waals surface area contributed by atoms with Crippen LogP contribution >= 0.6 is 38.9 Å². The zero-order valence-electron chi connectivity index (χ0n) is 9.56. The molecule has 0 aliphatic heterocycles. The molecule has 2 rings (SSSR count). The van der Waals surface area contributed by atoms with E-state index in [4.69, 9.17) is 16.3 Å². The monoisotopic (exact) mass is 347 g/mol. The van der Waals surface area contributed by atoms with Crippen LogP contribution in [0.25, 0.3) is 0 Å². The number of aromatic nitrogens is 1. The first-order chi connectivity index (χ1) is 8.60. The summed E-state index contributed by atoms with van der Waals surface area (Å²) < 4.78 is 6.61. The van der Waals surface area contributed by atoms with Gasteiger partial charge < -0.3 is 9.84 Å². The van der Waals surface area contributed by atoms with Gasteiger partial charge in [-0.2, -0.15) is 0 Å². The third-order valence-corrected chi connectivity index (χ3v) is 4.26. The van der Waals surface area contributed by atoms with Crippen LogP contribution in [-0.4, -0.2) is 17.2 Å². The largest absolute Gasteiger partial charge is 0.496 e. The molecule has 0 spiro atoms. The van der Waals surface area contributed by atoms with Gasteiger partial charge in [-0.1, -0.05) is 17.7 Å². The summed E-state index contributed by atoms with van der Waals surface area (Å²) in [5.74, 6) is 0.769. The fourth-order valence-electron chi connectivity index (χ4n) is 1.57. The number of nitrogens with zero attached hydrogens (tertiary/aromatic N) is 1. The Kier molecular flexibility index (Phi) is 4.61. The minimum absolute atomic E-state index is 0.492. The molecule has 0 saturated heterocycles. The van der Waals surface area contributed by atoms with Gasteiger partial charge in [-0.05, 0) is 33.6 Å². The van der Waals surface area contributed by atoms with E-state index in [0.717, 1.165) is 15.8 Å². The molecule has 0 radical (unpaired) electrons. The molecule has 0 amide bonds. The van der Waals surface area contributed by atoms with E-state index < -0.39 is 6.10 Å². The molecule has 96 valence electrons. The summed E-state index contributed by atoms with van der Waals surface area (Å²) >= 11 is 10.5. The van der Waals surface area contributed by atoms with Crippen LogP contribution in [0.2, 0.25) is 4.34 Å². The van der Waals surface area contributed by atoms with Crippen molar-refractivity contribution in [1.29, 1.82) is 0 Å². The molecule has 1 atom stereocenters. The van der Waals surface area contributed by atoms with Gasteiger partial charge in [0.1, 0.15) is 21.2 Å². The Labute approximate surface area is 123 Å². The van der Waals surface area contributed by atoms with E-state index in [1.807, 2.05) is 18.2 Å². The summed E-state index contributed by atoms with van der Waals surface area (Å²) in [6.07, 6.45) is 1.41. The molecule has 1 aromatic heterocycles. The number of thiazole rings is 1. The lowest BCUT2D eigenvalue weighted by molar-refractivity contribution is 0.178. The standard InChI is InChI=1S/C12H11BrClNO2S/c1-17-10-3-2-7(4-8(10)13)5-9(16)12-15-6-11(14)18-12/h2-4,6,9,16H,5H2,1H3. The first-order valence-corrected chi connectivity index (χ1v) is 7.20. The highest BCUT2D eigenvalue weighted by Gasteiger charge is 2.13. The molecule has 0 saturated carbocycles. The molecule has 6 heteroatoms. The van der Waals surface area contributed by atoms with Crippen LogP contribution in [0.1, 0.15) is 16.7 Å². The van der Waals surface area contributed by atoms with Crippen molar-refractivity contribution in [2.45, 2.75) is 12.5 Å². The second-order valence-corrected chi connectivity index (χ2v) is 6.24. The first-order valence-electron chi connectivity index (χ1n) is 5.22. The van der Waals surface area contributed by atoms with Crippen LogP contribution in [0.4, 0.5) is 0 Å². The highest BCUT2D eigenvalue weighted by molar-refractivity contribution is 9.10. The van der Waals surface area contributed by atoms with Crippen molar-refractivity contribution in [1.82, 2.24) is 4.98 Å². The quantitative estimate of drug-likeness (QED) is 0.912. The van der Waals surface area contributed by atoms with Gasteiger partial charge in [0.05, 0.1) is 17.8 Å². The SMILES string of the molecule is COc1ccc(CC(O)c2ncc(Cl)s2)cc1Br. The number of benzene rings is 1. The van der Waals surface area contributed by atoms with E-state index in [1.165, 1.54) is 11.3 Å². The molecule has 1 unspecified atom stereocenters. The summed E-state index contributed by atoms with van der Waals surface area (Å²) in [6.45, 7) is 0. The first kappa shape index (κ1) is 13.8. The Morgan fingerprint density at radius 1 is 1.56 bits per heavy atom. The predicted molar refractivity (Wildman–Crippen MR) is 76.5 cm³/mol. The van der Waals surface area contributed by atoms with Crippen LogP contribution in [0.15, 0.2) is 28.9 Å². The molecular formula is C12H11BrClNO2S. The molecule has 2 aromatic rings. The van der Waals surface area contributed by atoms with Gasteiger partial charge >= 0.3 is 0 Å². The Balaban J connectivity index is 2.12. The normalized spacial score (nSPS) is 12.4. The maximum atomic E-state index is 10.0. The van der Waals surface area contributed by atoms with Crippen LogP contribution in [0.5, 0.6) is 5.75 Å². The van der Waals surface area contributed by atoms with E-state index in [-0.39, 0.29) is 0 Å². The van der Waals surface area contributed by atoms with Crippen LogP contribution in [-0.2, 0) is 6.42 Å². The molecule has 1 aromatic carbocycles. The zero-order valence-corrected chi connectivity index (χ0v) is 12.7. The Bertz CT molecular complexity index is 547. The lowest BCUT2D eigenvalue weighted by atomic mass is 10.1. The van der Waals surface area contributed by atoms with Crippen molar-refractivity contribution in [2.75, 3.05) is 7.11 Å². The van der Waals surface area contributed by atoms with Crippen molar-refractivity contribution in [3.8, 4) is 5.75 Å². The second-order valence-electron chi connectivity index (χ2n) is 3.69. The van der Waals surface area contributed by atoms with Crippen LogP contribution < -0.4 is 4.74 Å². The minimum atomic E-state index is -0.636. The Morgan fingerprint density at radius 2 is 2.33 bits per heavy atom. The van der Waals surface area contributed by atoms with Gasteiger partial charge in [-0.3, -0.25) is 0 Å². The summed E-state index contributed by atoms with van der Waals surface area (Å²) in [4.78, 5) is 4.07. The molecule has 0 aliphatic carbocycles. The second kappa shape index (κ2) is 6.02. The molecule has 3 nitrogen and oxygen atoms in total. The predicted octanol–water partition coefficient (Wildman–Crippen LogP) is 3.84. The lowest BCUT2D eigenvalue weighted by Gasteiger charge is -2.09. The van der Waals surface area contributed by atoms with Crippen molar-refractivity contribution >= 4 is 38.9 Å². The number of hydrogen-bond acceptors (Lipinski definition) is 4. The lowest BCUT2D eigenvalue weighted by Crippen LogP contribution is -2.01. The van der Waals surface area contributed by atoms with Crippen LogP contribution in [0, 0.1) is 0 Å². The maximum absolute atomic E-state index is 10.0. The van der Waals surface area contributed by atoms with Gasteiger partial charge in [0, 0.05) is 6.42 Å². The number of ether oxygens (including phenoxy) is 1. The number of aliphatic hydroxyl groups is 1. The van der Waals surface area contributed by atoms with E-state index in [1.54, 1.807) is 13.3 Å². The van der Waals surface area contributed by atoms with Gasteiger partial charge in [0.25, 0.3) is 0 Å². The van der Waals surface area contributed by atoms with E-state index >= 15 is 0 Å². The molecule has 1 N–H and O–H groups in total. The van der Waals surface area contributed by atoms with Crippen molar-refractivity contribution in [3.63, 3.8) is 0 Å². The number of aliphatic hydroxyl groups excluding tert-OH is 1. The molecule has 18 heavy (non-hydrogen) atoms. The molecular weight excluding hydrogens is 338 g/mol. The van der Waals surface area contributed by atoms with Gasteiger partial charge in [0.2, 0.25) is 0 Å². The van der Waals surface area contributed by atoms with Crippen molar-refractivity contribution in [2.24, 2.45) is 0 Å². The topological polar surface area (TPSA) is 42.4 Å². The summed E-state index contributed by atoms with van der Waals surface area (Å²) in [7, 11) is 1.62. The number of methoxy groups -OCH3 is 1. The summed E-state index contributed by atoms with van der Waals surface area (Å²) in [5.41, 5.74) is 1.00. The number of halogens is 2. The zero-order chi connectivity index (χ0) is 13.1. The summed E-state index contributed by atoms with van der Waals surface area (Å²) in [6, 6.07) is 5.71. The third-order valence-electron chi connectivity index (χ3n) is 2.43. The summed E-state index contributed by atoms with van der Waals surface area (Å²) in [5, 5.41) is 10.7. The van der Waals surface area contributed by atoms with Gasteiger partial charge in [0.15, 0.2) is 0 Å². The van der Waals surface area contributed by atoms with Crippen molar-refractivity contribution in [3.05, 3.63) is 43.8 Å². The van der Waals surface area contributed by atoms with Gasteiger partial charge in [-0.15, -0.1) is 11.3 Å². The van der Waals surface area contributed by atoms with Gasteiger partial charge in [-0.25, -0.2) is 4.98 Å². The maximum Gasteiger partial charge on any atom is 0.133 e. The molecule has 1 heterocycles. The average Bonchev–Trinajstić information content (AvgIpc) is 2.76. The van der Waals surface area contributed by atoms with E-state index in [2.05, 4.69) is 20.9 Å². The van der Waals surface area contributed by atoms with Crippen LogP contribution in [0.3, 0.4) is 0 Å². The molecule has 0 fully saturated rings. The highest BCUT2D eigenvalue weighted by Crippen LogP contribution is 2.29. The Morgan fingerprint density at radius 3 is 2.89 bits per heavy atom. The number of rotatable bonds is 4. The van der Waals surface area contributed by atoms with E-state index in [9.17, 15) is 5.11 Å². The highest BCUT2D eigenvalue weighted by atomic mass is 79.9.